The van der Waals surface area contributed by atoms with Gasteiger partial charge in [-0.15, -0.1) is 0 Å². The Labute approximate surface area is 154 Å². The summed E-state index contributed by atoms with van der Waals surface area (Å²) in [5.41, 5.74) is 2.08. The molecule has 0 unspecified atom stereocenters. The molecule has 3 rings (SSSR count). The number of nitrogens with one attached hydrogen (secondary N) is 2. The molecule has 2 heterocycles. The Morgan fingerprint density at radius 1 is 1.04 bits per heavy atom. The number of hydrogen-bond donors (Lipinski definition) is 2. The normalized spacial score (nSPS) is 10.4. The van der Waals surface area contributed by atoms with E-state index in [1.54, 1.807) is 30.5 Å². The van der Waals surface area contributed by atoms with E-state index in [4.69, 9.17) is 11.6 Å². The molecule has 0 aliphatic carbocycles. The van der Waals surface area contributed by atoms with Gasteiger partial charge in [0.15, 0.2) is 0 Å². The molecule has 8 nitrogen and oxygen atoms in total. The number of anilines is 4. The molecule has 0 saturated carbocycles. The summed E-state index contributed by atoms with van der Waals surface area (Å²) >= 11 is 6.11. The second-order valence-electron chi connectivity index (χ2n) is 5.56. The molecule has 0 spiro atoms. The van der Waals surface area contributed by atoms with Crippen LogP contribution in [0.5, 0.6) is 0 Å². The van der Waals surface area contributed by atoms with Crippen LogP contribution in [0.1, 0.15) is 11.1 Å². The third kappa shape index (κ3) is 3.70. The lowest BCUT2D eigenvalue weighted by atomic mass is 10.2. The van der Waals surface area contributed by atoms with Crippen LogP contribution in [-0.4, -0.2) is 19.9 Å². The maximum atomic E-state index is 11.6. The minimum atomic E-state index is -0.543. The van der Waals surface area contributed by atoms with Crippen LogP contribution < -0.4 is 10.6 Å². The Morgan fingerprint density at radius 2 is 1.77 bits per heavy atom. The number of rotatable bonds is 5. The highest BCUT2D eigenvalue weighted by atomic mass is 35.5. The lowest BCUT2D eigenvalue weighted by molar-refractivity contribution is -0.383. The van der Waals surface area contributed by atoms with E-state index in [0.29, 0.717) is 16.5 Å². The third-order valence-electron chi connectivity index (χ3n) is 3.68. The van der Waals surface area contributed by atoms with Crippen LogP contribution in [0.2, 0.25) is 5.02 Å². The maximum Gasteiger partial charge on any atom is 0.353 e. The lowest BCUT2D eigenvalue weighted by Crippen LogP contribution is -2.06. The quantitative estimate of drug-likeness (QED) is 0.501. The number of nitrogens with zero attached hydrogens (tertiary/aromatic N) is 4. The Morgan fingerprint density at radius 3 is 2.42 bits per heavy atom. The number of aryl methyl sites for hydroxylation is 1. The fraction of sp³-hybridized carbons (Fsp3) is 0.118. The van der Waals surface area contributed by atoms with Gasteiger partial charge < -0.3 is 10.6 Å². The molecular formula is C17H15ClN6O2. The van der Waals surface area contributed by atoms with Gasteiger partial charge in [-0.1, -0.05) is 23.7 Å². The van der Waals surface area contributed by atoms with E-state index in [9.17, 15) is 10.1 Å². The molecule has 0 aliphatic heterocycles. The van der Waals surface area contributed by atoms with Crippen molar-refractivity contribution in [1.82, 2.24) is 15.0 Å². The van der Waals surface area contributed by atoms with Crippen LogP contribution in [0.15, 0.2) is 42.9 Å². The second-order valence-corrected chi connectivity index (χ2v) is 5.97. The summed E-state index contributed by atoms with van der Waals surface area (Å²) in [6.07, 6.45) is 2.90. The molecule has 0 radical (unpaired) electrons. The molecule has 0 aliphatic rings. The minimum absolute atomic E-state index is 0.0449. The molecule has 0 atom stereocenters. The number of hydrogen-bond acceptors (Lipinski definition) is 7. The molecule has 0 saturated heterocycles. The molecule has 0 amide bonds. The van der Waals surface area contributed by atoms with Gasteiger partial charge >= 0.3 is 5.69 Å². The van der Waals surface area contributed by atoms with Crippen LogP contribution in [0, 0.1) is 24.0 Å². The summed E-state index contributed by atoms with van der Waals surface area (Å²) in [5, 5.41) is 18.0. The summed E-state index contributed by atoms with van der Waals surface area (Å²) in [6.45, 7) is 3.71. The van der Waals surface area contributed by atoms with E-state index in [1.807, 2.05) is 19.9 Å². The summed E-state index contributed by atoms with van der Waals surface area (Å²) in [7, 11) is 0. The molecule has 2 N–H and O–H groups in total. The van der Waals surface area contributed by atoms with Crippen molar-refractivity contribution in [2.24, 2.45) is 0 Å². The van der Waals surface area contributed by atoms with Crippen LogP contribution in [0.4, 0.5) is 28.8 Å². The first-order chi connectivity index (χ1) is 12.5. The van der Waals surface area contributed by atoms with E-state index in [-0.39, 0.29) is 17.3 Å². The van der Waals surface area contributed by atoms with Crippen molar-refractivity contribution < 1.29 is 4.92 Å². The number of nitro groups is 1. The SMILES string of the molecule is Cc1ccc(Nc2ncnc(Nc3cccc(Cl)c3C)c2[N+](=O)[O-])nc1. The van der Waals surface area contributed by atoms with Crippen molar-refractivity contribution in [3.05, 3.63) is 69.1 Å². The highest BCUT2D eigenvalue weighted by molar-refractivity contribution is 6.31. The van der Waals surface area contributed by atoms with Gasteiger partial charge in [-0.25, -0.2) is 15.0 Å². The molecule has 3 aromatic rings. The van der Waals surface area contributed by atoms with Gasteiger partial charge in [-0.05, 0) is 43.2 Å². The first-order valence-corrected chi connectivity index (χ1v) is 8.04. The summed E-state index contributed by atoms with van der Waals surface area (Å²) < 4.78 is 0. The van der Waals surface area contributed by atoms with E-state index in [2.05, 4.69) is 25.6 Å². The summed E-state index contributed by atoms with van der Waals surface area (Å²) in [5.74, 6) is 0.552. The highest BCUT2D eigenvalue weighted by Gasteiger charge is 2.24. The third-order valence-corrected chi connectivity index (χ3v) is 4.09. The monoisotopic (exact) mass is 370 g/mol. The van der Waals surface area contributed by atoms with Crippen LogP contribution in [-0.2, 0) is 0 Å². The smallest absolute Gasteiger partial charge is 0.334 e. The van der Waals surface area contributed by atoms with Gasteiger partial charge in [0, 0.05) is 16.9 Å². The minimum Gasteiger partial charge on any atom is -0.334 e. The molecule has 132 valence electrons. The highest BCUT2D eigenvalue weighted by Crippen LogP contribution is 2.34. The lowest BCUT2D eigenvalue weighted by Gasteiger charge is -2.12. The summed E-state index contributed by atoms with van der Waals surface area (Å²) in [6, 6.07) is 8.82. The van der Waals surface area contributed by atoms with Crippen molar-refractivity contribution in [2.75, 3.05) is 10.6 Å². The predicted octanol–water partition coefficient (Wildman–Crippen LogP) is 4.54. The molecule has 26 heavy (non-hydrogen) atoms. The number of halogens is 1. The number of benzene rings is 1. The Balaban J connectivity index is 1.99. The van der Waals surface area contributed by atoms with E-state index < -0.39 is 4.92 Å². The number of aromatic nitrogens is 3. The molecule has 2 aromatic heterocycles. The fourth-order valence-corrected chi connectivity index (χ4v) is 2.44. The zero-order valence-electron chi connectivity index (χ0n) is 14.0. The average molecular weight is 371 g/mol. The standard InChI is InChI=1S/C17H15ClN6O2/c1-10-6-7-14(19-8-10)23-17-15(24(25)26)16(20-9-21-17)22-13-5-3-4-12(18)11(13)2/h3-9H,1-2H3,(H2,19,20,21,22,23). The largest absolute Gasteiger partial charge is 0.353 e. The maximum absolute atomic E-state index is 11.6. The van der Waals surface area contributed by atoms with Crippen molar-refractivity contribution in [3.63, 3.8) is 0 Å². The van der Waals surface area contributed by atoms with Crippen LogP contribution >= 0.6 is 11.6 Å². The van der Waals surface area contributed by atoms with Crippen molar-refractivity contribution >= 4 is 40.4 Å². The van der Waals surface area contributed by atoms with E-state index >= 15 is 0 Å². The Bertz CT molecular complexity index is 962. The van der Waals surface area contributed by atoms with Gasteiger partial charge in [0.25, 0.3) is 0 Å². The Kier molecular flexibility index (Phi) is 4.94. The van der Waals surface area contributed by atoms with Crippen LogP contribution in [0.25, 0.3) is 0 Å². The summed E-state index contributed by atoms with van der Waals surface area (Å²) in [4.78, 5) is 23.3. The van der Waals surface area contributed by atoms with Crippen molar-refractivity contribution in [3.8, 4) is 0 Å². The average Bonchev–Trinajstić information content (AvgIpc) is 2.61. The number of pyridine rings is 1. The van der Waals surface area contributed by atoms with Crippen LogP contribution in [0.3, 0.4) is 0 Å². The zero-order valence-corrected chi connectivity index (χ0v) is 14.8. The van der Waals surface area contributed by atoms with E-state index in [1.165, 1.54) is 6.33 Å². The van der Waals surface area contributed by atoms with Gasteiger partial charge in [0.05, 0.1) is 4.92 Å². The van der Waals surface area contributed by atoms with Gasteiger partial charge in [-0.3, -0.25) is 10.1 Å². The van der Waals surface area contributed by atoms with E-state index in [0.717, 1.165) is 11.1 Å². The van der Waals surface area contributed by atoms with Crippen molar-refractivity contribution in [2.45, 2.75) is 13.8 Å². The van der Waals surface area contributed by atoms with Crippen molar-refractivity contribution in [1.29, 1.82) is 0 Å². The first kappa shape index (κ1) is 17.6. The molecule has 0 bridgehead atoms. The predicted molar refractivity (Wildman–Crippen MR) is 100 cm³/mol. The topological polar surface area (TPSA) is 106 Å². The molecule has 1 aromatic carbocycles. The van der Waals surface area contributed by atoms with Gasteiger partial charge in [0.2, 0.25) is 11.6 Å². The zero-order chi connectivity index (χ0) is 18.7. The molecular weight excluding hydrogens is 356 g/mol. The fourth-order valence-electron chi connectivity index (χ4n) is 2.27. The molecule has 9 heteroatoms. The Hall–Kier alpha value is -3.26. The van der Waals surface area contributed by atoms with Gasteiger partial charge in [-0.2, -0.15) is 0 Å². The second kappa shape index (κ2) is 7.32. The first-order valence-electron chi connectivity index (χ1n) is 7.67. The molecule has 0 fully saturated rings. The van der Waals surface area contributed by atoms with Gasteiger partial charge in [0.1, 0.15) is 12.1 Å².